The van der Waals surface area contributed by atoms with Gasteiger partial charge in [-0.2, -0.15) is 5.10 Å². The van der Waals surface area contributed by atoms with Gasteiger partial charge in [-0.05, 0) is 18.4 Å². The van der Waals surface area contributed by atoms with E-state index in [-0.39, 0.29) is 23.9 Å². The van der Waals surface area contributed by atoms with E-state index in [9.17, 15) is 4.79 Å². The number of aryl methyl sites for hydroxylation is 1. The second-order valence-electron chi connectivity index (χ2n) is 5.77. The number of carbonyl (C=O) groups excluding carboxylic acids is 1. The van der Waals surface area contributed by atoms with E-state index < -0.39 is 0 Å². The van der Waals surface area contributed by atoms with E-state index in [0.29, 0.717) is 0 Å². The zero-order chi connectivity index (χ0) is 15.5. The van der Waals surface area contributed by atoms with E-state index in [1.807, 2.05) is 41.9 Å². The predicted molar refractivity (Wildman–Crippen MR) is 82.7 cm³/mol. The van der Waals surface area contributed by atoms with Crippen LogP contribution in [-0.2, 0) is 11.3 Å². The van der Waals surface area contributed by atoms with Gasteiger partial charge in [-0.15, -0.1) is 0 Å². The van der Waals surface area contributed by atoms with Gasteiger partial charge in [0.15, 0.2) is 0 Å². The molecular formula is C16H21N5O. The number of hydrogen-bond acceptors (Lipinski definition) is 4. The summed E-state index contributed by atoms with van der Waals surface area (Å²) in [5, 5.41) is 7.24. The van der Waals surface area contributed by atoms with Gasteiger partial charge in [-0.1, -0.05) is 37.3 Å². The maximum absolute atomic E-state index is 12.5. The highest BCUT2D eigenvalue weighted by Crippen LogP contribution is 2.24. The summed E-state index contributed by atoms with van der Waals surface area (Å²) in [6.07, 6.45) is 3.41. The summed E-state index contributed by atoms with van der Waals surface area (Å²) in [6.45, 7) is 2.72. The van der Waals surface area contributed by atoms with Gasteiger partial charge in [-0.3, -0.25) is 4.79 Å². The normalized spacial score (nSPS) is 20.0. The largest absolute Gasteiger partial charge is 0.346 e. The SMILES string of the molecule is CC(C(=O)NC1CCCn2ncnc21)C(N)c1ccccc1. The topological polar surface area (TPSA) is 85.8 Å². The zero-order valence-electron chi connectivity index (χ0n) is 12.6. The Labute approximate surface area is 129 Å². The fraction of sp³-hybridized carbons (Fsp3) is 0.438. The molecule has 0 spiro atoms. The number of fused-ring (bicyclic) bond motifs is 1. The minimum atomic E-state index is -0.317. The molecule has 0 radical (unpaired) electrons. The van der Waals surface area contributed by atoms with Crippen LogP contribution in [0.1, 0.15) is 43.2 Å². The Kier molecular flexibility index (Phi) is 4.20. The molecule has 3 N–H and O–H groups in total. The first kappa shape index (κ1) is 14.7. The molecule has 3 atom stereocenters. The lowest BCUT2D eigenvalue weighted by atomic mass is 9.94. The van der Waals surface area contributed by atoms with Gasteiger partial charge in [0.05, 0.1) is 12.0 Å². The first-order chi connectivity index (χ1) is 10.7. The second kappa shape index (κ2) is 6.27. The van der Waals surface area contributed by atoms with Crippen LogP contribution in [0.15, 0.2) is 36.7 Å². The molecule has 1 aromatic carbocycles. The van der Waals surface area contributed by atoms with E-state index in [4.69, 9.17) is 5.73 Å². The molecule has 116 valence electrons. The van der Waals surface area contributed by atoms with Crippen LogP contribution in [0.5, 0.6) is 0 Å². The molecule has 3 unspecified atom stereocenters. The number of carbonyl (C=O) groups is 1. The minimum absolute atomic E-state index is 0.0437. The number of hydrogen-bond donors (Lipinski definition) is 2. The number of nitrogens with one attached hydrogen (secondary N) is 1. The van der Waals surface area contributed by atoms with E-state index in [2.05, 4.69) is 15.4 Å². The van der Waals surface area contributed by atoms with Crippen molar-refractivity contribution in [3.8, 4) is 0 Å². The summed E-state index contributed by atoms with van der Waals surface area (Å²) >= 11 is 0. The number of amides is 1. The fourth-order valence-corrected chi connectivity index (χ4v) is 2.86. The minimum Gasteiger partial charge on any atom is -0.346 e. The molecule has 0 aliphatic carbocycles. The van der Waals surface area contributed by atoms with Crippen LogP contribution in [0.3, 0.4) is 0 Å². The molecule has 0 bridgehead atoms. The lowest BCUT2D eigenvalue weighted by Crippen LogP contribution is -2.39. The van der Waals surface area contributed by atoms with Crippen LogP contribution in [0, 0.1) is 5.92 Å². The van der Waals surface area contributed by atoms with E-state index >= 15 is 0 Å². The molecule has 0 saturated carbocycles. The van der Waals surface area contributed by atoms with Crippen molar-refractivity contribution in [3.63, 3.8) is 0 Å². The second-order valence-corrected chi connectivity index (χ2v) is 5.77. The third kappa shape index (κ3) is 2.87. The molecule has 0 fully saturated rings. The predicted octanol–water partition coefficient (Wildman–Crippen LogP) is 1.57. The standard InChI is InChI=1S/C16H21N5O/c1-11(14(17)12-6-3-2-4-7-12)16(22)20-13-8-5-9-21-15(13)18-10-19-21/h2-4,6-7,10-11,13-14H,5,8-9,17H2,1H3,(H,20,22). The third-order valence-corrected chi connectivity index (χ3v) is 4.27. The molecule has 2 aromatic rings. The summed E-state index contributed by atoms with van der Waals surface area (Å²) in [5.41, 5.74) is 7.19. The first-order valence-corrected chi connectivity index (χ1v) is 7.65. The van der Waals surface area contributed by atoms with Crippen LogP contribution in [-0.4, -0.2) is 20.7 Å². The maximum atomic E-state index is 12.5. The average molecular weight is 299 g/mol. The molecule has 1 amide bonds. The molecule has 22 heavy (non-hydrogen) atoms. The van der Waals surface area contributed by atoms with Crippen molar-refractivity contribution in [2.24, 2.45) is 11.7 Å². The lowest BCUT2D eigenvalue weighted by Gasteiger charge is -2.26. The van der Waals surface area contributed by atoms with E-state index in [1.165, 1.54) is 0 Å². The van der Waals surface area contributed by atoms with Crippen LogP contribution >= 0.6 is 0 Å². The lowest BCUT2D eigenvalue weighted by molar-refractivity contribution is -0.126. The smallest absolute Gasteiger partial charge is 0.225 e. The van der Waals surface area contributed by atoms with Gasteiger partial charge < -0.3 is 11.1 Å². The third-order valence-electron chi connectivity index (χ3n) is 4.27. The summed E-state index contributed by atoms with van der Waals surface area (Å²) in [5.74, 6) is 0.485. The summed E-state index contributed by atoms with van der Waals surface area (Å²) < 4.78 is 1.86. The maximum Gasteiger partial charge on any atom is 0.225 e. The highest BCUT2D eigenvalue weighted by atomic mass is 16.2. The molecule has 1 aliphatic heterocycles. The van der Waals surface area contributed by atoms with Crippen molar-refractivity contribution in [1.29, 1.82) is 0 Å². The van der Waals surface area contributed by atoms with Crippen LogP contribution in [0.4, 0.5) is 0 Å². The first-order valence-electron chi connectivity index (χ1n) is 7.65. The highest BCUT2D eigenvalue weighted by molar-refractivity contribution is 5.79. The Hall–Kier alpha value is -2.21. The summed E-state index contributed by atoms with van der Waals surface area (Å²) in [7, 11) is 0. The van der Waals surface area contributed by atoms with Gasteiger partial charge in [-0.25, -0.2) is 9.67 Å². The van der Waals surface area contributed by atoms with Crippen molar-refractivity contribution < 1.29 is 4.79 Å². The highest BCUT2D eigenvalue weighted by Gasteiger charge is 2.28. The Morgan fingerprint density at radius 2 is 2.18 bits per heavy atom. The summed E-state index contributed by atoms with van der Waals surface area (Å²) in [6, 6.07) is 9.32. The molecule has 3 rings (SSSR count). The number of nitrogens with zero attached hydrogens (tertiary/aromatic N) is 3. The van der Waals surface area contributed by atoms with Gasteiger partial charge in [0.25, 0.3) is 0 Å². The van der Waals surface area contributed by atoms with Gasteiger partial charge in [0.2, 0.25) is 5.91 Å². The molecule has 1 aromatic heterocycles. The molecular weight excluding hydrogens is 278 g/mol. The Balaban J connectivity index is 1.68. The van der Waals surface area contributed by atoms with Gasteiger partial charge in [0.1, 0.15) is 12.2 Å². The number of aromatic nitrogens is 3. The number of benzene rings is 1. The molecule has 2 heterocycles. The monoisotopic (exact) mass is 299 g/mol. The molecule has 0 saturated heterocycles. The zero-order valence-corrected chi connectivity index (χ0v) is 12.6. The van der Waals surface area contributed by atoms with Crippen molar-refractivity contribution in [2.75, 3.05) is 0 Å². The van der Waals surface area contributed by atoms with Crippen LogP contribution < -0.4 is 11.1 Å². The van der Waals surface area contributed by atoms with Crippen LogP contribution in [0.25, 0.3) is 0 Å². The van der Waals surface area contributed by atoms with Gasteiger partial charge in [0, 0.05) is 12.6 Å². The summed E-state index contributed by atoms with van der Waals surface area (Å²) in [4.78, 5) is 16.8. The van der Waals surface area contributed by atoms with Crippen LogP contribution in [0.2, 0.25) is 0 Å². The molecule has 1 aliphatic rings. The number of rotatable bonds is 4. The fourth-order valence-electron chi connectivity index (χ4n) is 2.86. The molecule has 6 nitrogen and oxygen atoms in total. The van der Waals surface area contributed by atoms with Gasteiger partial charge >= 0.3 is 0 Å². The molecule has 6 heteroatoms. The Morgan fingerprint density at radius 3 is 2.95 bits per heavy atom. The quantitative estimate of drug-likeness (QED) is 0.897. The Morgan fingerprint density at radius 1 is 1.41 bits per heavy atom. The van der Waals surface area contributed by atoms with E-state index in [0.717, 1.165) is 30.8 Å². The number of nitrogens with two attached hydrogens (primary N) is 1. The van der Waals surface area contributed by atoms with E-state index in [1.54, 1.807) is 6.33 Å². The van der Waals surface area contributed by atoms with Crippen molar-refractivity contribution >= 4 is 5.91 Å². The van der Waals surface area contributed by atoms with Crippen molar-refractivity contribution in [1.82, 2.24) is 20.1 Å². The van der Waals surface area contributed by atoms with Crippen molar-refractivity contribution in [3.05, 3.63) is 48.0 Å². The van der Waals surface area contributed by atoms with Crippen molar-refractivity contribution in [2.45, 2.75) is 38.4 Å². The average Bonchev–Trinajstić information content (AvgIpc) is 3.04. The Bertz CT molecular complexity index is 639.